The molecule has 0 spiro atoms. The molecular formula is C13H18ClNO. The predicted molar refractivity (Wildman–Crippen MR) is 66.7 cm³/mol. The van der Waals surface area contributed by atoms with E-state index < -0.39 is 0 Å². The van der Waals surface area contributed by atoms with E-state index in [9.17, 15) is 0 Å². The van der Waals surface area contributed by atoms with Crippen LogP contribution < -0.4 is 5.32 Å². The summed E-state index contributed by atoms with van der Waals surface area (Å²) in [6.45, 7) is 4.79. The zero-order valence-electron chi connectivity index (χ0n) is 9.63. The fraction of sp³-hybridized carbons (Fsp3) is 0.538. The molecule has 0 aromatic heterocycles. The number of hydrogen-bond donors (Lipinski definition) is 1. The maximum absolute atomic E-state index is 6.09. The number of halogens is 1. The molecule has 0 radical (unpaired) electrons. The van der Waals surface area contributed by atoms with Crippen LogP contribution in [0.4, 0.5) is 0 Å². The molecule has 1 N–H and O–H groups in total. The maximum Gasteiger partial charge on any atom is 0.0783 e. The van der Waals surface area contributed by atoms with Crippen molar-refractivity contribution in [1.29, 1.82) is 0 Å². The van der Waals surface area contributed by atoms with Gasteiger partial charge >= 0.3 is 0 Å². The lowest BCUT2D eigenvalue weighted by Crippen LogP contribution is -2.45. The van der Waals surface area contributed by atoms with Crippen LogP contribution in [0.3, 0.4) is 0 Å². The first-order valence-corrected chi connectivity index (χ1v) is 6.15. The van der Waals surface area contributed by atoms with Crippen LogP contribution >= 0.6 is 11.6 Å². The van der Waals surface area contributed by atoms with Gasteiger partial charge in [0, 0.05) is 11.6 Å². The van der Waals surface area contributed by atoms with Crippen molar-refractivity contribution >= 4 is 11.6 Å². The summed E-state index contributed by atoms with van der Waals surface area (Å²) in [5.74, 6) is 0. The number of benzene rings is 1. The molecular weight excluding hydrogens is 222 g/mol. The van der Waals surface area contributed by atoms with Gasteiger partial charge in [0.2, 0.25) is 0 Å². The van der Waals surface area contributed by atoms with E-state index in [0.717, 1.165) is 30.1 Å². The van der Waals surface area contributed by atoms with Gasteiger partial charge in [0.15, 0.2) is 0 Å². The highest BCUT2D eigenvalue weighted by molar-refractivity contribution is 6.31. The number of nitrogens with one attached hydrogen (secondary N) is 1. The molecule has 1 atom stereocenters. The molecule has 2 rings (SSSR count). The Balaban J connectivity index is 1.94. The van der Waals surface area contributed by atoms with Crippen LogP contribution in [0.2, 0.25) is 5.02 Å². The van der Waals surface area contributed by atoms with E-state index in [1.54, 1.807) is 0 Å². The van der Waals surface area contributed by atoms with Crippen LogP contribution in [0.25, 0.3) is 0 Å². The van der Waals surface area contributed by atoms with Crippen LogP contribution in [-0.4, -0.2) is 18.7 Å². The highest BCUT2D eigenvalue weighted by Gasteiger charge is 2.27. The van der Waals surface area contributed by atoms with Gasteiger partial charge in [-0.15, -0.1) is 0 Å². The predicted octanol–water partition coefficient (Wildman–Crippen LogP) is 3.00. The van der Waals surface area contributed by atoms with Crippen LogP contribution in [0.15, 0.2) is 24.3 Å². The Morgan fingerprint density at radius 3 is 2.94 bits per heavy atom. The summed E-state index contributed by atoms with van der Waals surface area (Å²) in [7, 11) is 0. The minimum absolute atomic E-state index is 0.0442. The summed E-state index contributed by atoms with van der Waals surface area (Å²) in [5, 5.41) is 4.16. The van der Waals surface area contributed by atoms with Gasteiger partial charge in [-0.25, -0.2) is 0 Å². The van der Waals surface area contributed by atoms with Gasteiger partial charge in [0.25, 0.3) is 0 Å². The monoisotopic (exact) mass is 239 g/mol. The third-order valence-electron chi connectivity index (χ3n) is 3.09. The lowest BCUT2D eigenvalue weighted by atomic mass is 9.96. The van der Waals surface area contributed by atoms with Gasteiger partial charge in [0.05, 0.1) is 12.2 Å². The third kappa shape index (κ3) is 2.97. The van der Waals surface area contributed by atoms with Gasteiger partial charge in [-0.1, -0.05) is 29.8 Å². The van der Waals surface area contributed by atoms with Crippen molar-refractivity contribution < 1.29 is 4.74 Å². The molecule has 1 aromatic rings. The van der Waals surface area contributed by atoms with Crippen molar-refractivity contribution in [3.05, 3.63) is 34.9 Å². The van der Waals surface area contributed by atoms with Gasteiger partial charge in [0.1, 0.15) is 0 Å². The highest BCUT2D eigenvalue weighted by Crippen LogP contribution is 2.24. The zero-order valence-corrected chi connectivity index (χ0v) is 10.4. The smallest absolute Gasteiger partial charge is 0.0783 e. The molecule has 0 saturated carbocycles. The van der Waals surface area contributed by atoms with Crippen LogP contribution in [0, 0.1) is 0 Å². The highest BCUT2D eigenvalue weighted by atomic mass is 35.5. The molecule has 1 aliphatic heterocycles. The molecule has 3 heteroatoms. The topological polar surface area (TPSA) is 21.3 Å². The van der Waals surface area contributed by atoms with Gasteiger partial charge in [-0.05, 0) is 37.9 Å². The first kappa shape index (κ1) is 11.9. The number of rotatable bonds is 3. The molecule has 0 bridgehead atoms. The van der Waals surface area contributed by atoms with Gasteiger partial charge in [-0.3, -0.25) is 0 Å². The van der Waals surface area contributed by atoms with E-state index in [0.29, 0.717) is 6.61 Å². The first-order valence-electron chi connectivity index (χ1n) is 5.78. The van der Waals surface area contributed by atoms with Crippen LogP contribution in [0.1, 0.15) is 25.3 Å². The third-order valence-corrected chi connectivity index (χ3v) is 3.46. The molecule has 16 heavy (non-hydrogen) atoms. The molecule has 1 aromatic carbocycles. The average molecular weight is 240 g/mol. The van der Waals surface area contributed by atoms with E-state index in [1.165, 1.54) is 6.42 Å². The molecule has 0 aliphatic carbocycles. The molecule has 1 saturated heterocycles. The number of ether oxygens (including phenoxy) is 1. The second kappa shape index (κ2) is 5.17. The van der Waals surface area contributed by atoms with Crippen molar-refractivity contribution in [2.45, 2.75) is 32.0 Å². The summed E-state index contributed by atoms with van der Waals surface area (Å²) in [6.07, 6.45) is 2.30. The SMILES string of the molecule is CC1(OCc2ccccc2Cl)CCCNC1. The van der Waals surface area contributed by atoms with Crippen molar-refractivity contribution in [3.63, 3.8) is 0 Å². The Hall–Kier alpha value is -0.570. The van der Waals surface area contributed by atoms with Crippen molar-refractivity contribution in [2.24, 2.45) is 0 Å². The Morgan fingerprint density at radius 1 is 1.44 bits per heavy atom. The molecule has 1 unspecified atom stereocenters. The lowest BCUT2D eigenvalue weighted by Gasteiger charge is -2.34. The largest absolute Gasteiger partial charge is 0.369 e. The van der Waals surface area contributed by atoms with Crippen molar-refractivity contribution in [2.75, 3.05) is 13.1 Å². The van der Waals surface area contributed by atoms with E-state index in [1.807, 2.05) is 24.3 Å². The van der Waals surface area contributed by atoms with Crippen molar-refractivity contribution in [3.8, 4) is 0 Å². The second-order valence-electron chi connectivity index (χ2n) is 4.61. The molecule has 1 fully saturated rings. The van der Waals surface area contributed by atoms with Crippen LogP contribution in [-0.2, 0) is 11.3 Å². The Bertz CT molecular complexity index is 348. The van der Waals surface area contributed by atoms with E-state index in [2.05, 4.69) is 12.2 Å². The molecule has 1 aliphatic rings. The minimum Gasteiger partial charge on any atom is -0.369 e. The summed E-state index contributed by atoms with van der Waals surface area (Å²) in [5.41, 5.74) is 1.02. The summed E-state index contributed by atoms with van der Waals surface area (Å²) >= 11 is 6.09. The summed E-state index contributed by atoms with van der Waals surface area (Å²) in [4.78, 5) is 0. The van der Waals surface area contributed by atoms with E-state index in [-0.39, 0.29) is 5.60 Å². The lowest BCUT2D eigenvalue weighted by molar-refractivity contribution is -0.0571. The number of piperidine rings is 1. The summed E-state index contributed by atoms with van der Waals surface area (Å²) < 4.78 is 5.99. The van der Waals surface area contributed by atoms with Crippen molar-refractivity contribution in [1.82, 2.24) is 5.32 Å². The first-order chi connectivity index (χ1) is 7.70. The normalized spacial score (nSPS) is 25.6. The maximum atomic E-state index is 6.09. The standard InChI is InChI=1S/C13H18ClNO/c1-13(7-4-8-15-10-13)16-9-11-5-2-3-6-12(11)14/h2-3,5-6,15H,4,7-10H2,1H3. The quantitative estimate of drug-likeness (QED) is 0.876. The fourth-order valence-corrected chi connectivity index (χ4v) is 2.21. The minimum atomic E-state index is -0.0442. The Labute approximate surface area is 102 Å². The molecule has 1 heterocycles. The Morgan fingerprint density at radius 2 is 2.25 bits per heavy atom. The number of hydrogen-bond acceptors (Lipinski definition) is 2. The molecule has 0 amide bonds. The molecule has 88 valence electrons. The van der Waals surface area contributed by atoms with E-state index >= 15 is 0 Å². The molecule has 2 nitrogen and oxygen atoms in total. The van der Waals surface area contributed by atoms with Crippen LogP contribution in [0.5, 0.6) is 0 Å². The second-order valence-corrected chi connectivity index (χ2v) is 5.02. The fourth-order valence-electron chi connectivity index (χ4n) is 2.02. The van der Waals surface area contributed by atoms with Gasteiger partial charge in [-0.2, -0.15) is 0 Å². The zero-order chi connectivity index (χ0) is 11.4. The van der Waals surface area contributed by atoms with Gasteiger partial charge < -0.3 is 10.1 Å². The average Bonchev–Trinajstić information content (AvgIpc) is 2.29. The summed E-state index contributed by atoms with van der Waals surface area (Å²) in [6, 6.07) is 7.85. The van der Waals surface area contributed by atoms with E-state index in [4.69, 9.17) is 16.3 Å². The Kier molecular flexibility index (Phi) is 3.85.